The first-order valence-electron chi connectivity index (χ1n) is 22.4. The highest BCUT2D eigenvalue weighted by molar-refractivity contribution is 7.90. The smallest absolute Gasteiger partial charge is 0.416 e. The number of pyridine rings is 1. The van der Waals surface area contributed by atoms with E-state index in [2.05, 4.69) is 43.7 Å². The van der Waals surface area contributed by atoms with Gasteiger partial charge in [-0.25, -0.2) is 18.1 Å². The fourth-order valence-electron chi connectivity index (χ4n) is 9.23. The van der Waals surface area contributed by atoms with E-state index in [0.717, 1.165) is 60.4 Å². The van der Waals surface area contributed by atoms with Crippen LogP contribution in [0.4, 0.5) is 30.2 Å². The number of allylic oxidation sites excluding steroid dienone is 1. The molecule has 4 heterocycles. The van der Waals surface area contributed by atoms with E-state index < -0.39 is 43.2 Å². The van der Waals surface area contributed by atoms with E-state index in [-0.39, 0.29) is 45.0 Å². The molecule has 360 valence electrons. The number of ether oxygens (including phenoxy) is 1. The van der Waals surface area contributed by atoms with Crippen molar-refractivity contribution >= 4 is 67.1 Å². The molecule has 0 saturated carbocycles. The van der Waals surface area contributed by atoms with Gasteiger partial charge >= 0.3 is 6.18 Å². The van der Waals surface area contributed by atoms with Crippen LogP contribution in [0.2, 0.25) is 5.02 Å². The number of likely N-dealkylation sites (tertiary alicyclic amines) is 1. The summed E-state index contributed by atoms with van der Waals surface area (Å²) >= 11 is 6.54. The largest absolute Gasteiger partial charge is 0.455 e. The lowest BCUT2D eigenvalue weighted by Gasteiger charge is -2.39. The van der Waals surface area contributed by atoms with Gasteiger partial charge in [-0.2, -0.15) is 13.2 Å². The lowest BCUT2D eigenvalue weighted by atomic mass is 9.72. The van der Waals surface area contributed by atoms with E-state index in [9.17, 15) is 41.3 Å². The molecule has 3 aliphatic rings. The quantitative estimate of drug-likeness (QED) is 0.0755. The lowest BCUT2D eigenvalue weighted by molar-refractivity contribution is -0.384. The normalized spacial score (nSPS) is 18.1. The molecule has 2 fully saturated rings. The zero-order valence-corrected chi connectivity index (χ0v) is 39.4. The minimum atomic E-state index is -4.65. The summed E-state index contributed by atoms with van der Waals surface area (Å²) < 4.78 is 76.4. The minimum absolute atomic E-state index is 0.0407. The molecule has 1 atom stereocenters. The topological polar surface area (TPSA) is 183 Å². The van der Waals surface area contributed by atoms with E-state index in [1.54, 1.807) is 35.4 Å². The van der Waals surface area contributed by atoms with Gasteiger partial charge in [0.2, 0.25) is 5.91 Å². The summed E-state index contributed by atoms with van der Waals surface area (Å²) in [6.45, 7) is 10.3. The number of aromatic amines is 1. The number of sulfonamides is 1. The Morgan fingerprint density at radius 3 is 2.53 bits per heavy atom. The van der Waals surface area contributed by atoms with Gasteiger partial charge in [-0.3, -0.25) is 24.6 Å². The summed E-state index contributed by atoms with van der Waals surface area (Å²) in [4.78, 5) is 50.4. The third-order valence-corrected chi connectivity index (χ3v) is 14.7. The number of H-pyrrole nitrogens is 1. The Morgan fingerprint density at radius 1 is 1.03 bits per heavy atom. The van der Waals surface area contributed by atoms with Gasteiger partial charge in [-0.05, 0) is 103 Å². The Kier molecular flexibility index (Phi) is 13.8. The summed E-state index contributed by atoms with van der Waals surface area (Å²) in [5.74, 6) is -0.710. The molecule has 1 unspecified atom stereocenters. The number of nitro groups is 1. The number of rotatable bonds is 13. The first-order chi connectivity index (χ1) is 32.2. The van der Waals surface area contributed by atoms with Crippen LogP contribution in [0.5, 0.6) is 11.5 Å². The minimum Gasteiger partial charge on any atom is -0.455 e. The second kappa shape index (κ2) is 19.4. The van der Waals surface area contributed by atoms with Crippen LogP contribution in [0.1, 0.15) is 74.4 Å². The number of hydrogen-bond acceptors (Lipinski definition) is 11. The van der Waals surface area contributed by atoms with Crippen molar-refractivity contribution in [3.8, 4) is 11.5 Å². The second-order valence-electron chi connectivity index (χ2n) is 18.5. The van der Waals surface area contributed by atoms with Crippen LogP contribution in [0.15, 0.2) is 89.6 Å². The van der Waals surface area contributed by atoms with Crippen LogP contribution in [-0.2, 0) is 21.0 Å². The number of aromatic nitrogens is 2. The number of fused-ring (bicyclic) bond motifs is 1. The monoisotopic (exact) mass is 976 g/mol. The van der Waals surface area contributed by atoms with Gasteiger partial charge in [0.1, 0.15) is 22.8 Å². The Labute approximate surface area is 396 Å². The van der Waals surface area contributed by atoms with Gasteiger partial charge < -0.3 is 24.8 Å². The number of anilines is 2. The highest BCUT2D eigenvalue weighted by Crippen LogP contribution is 2.46. The highest BCUT2D eigenvalue weighted by atomic mass is 35.5. The maximum absolute atomic E-state index is 14.0. The van der Waals surface area contributed by atoms with Crippen molar-refractivity contribution in [2.45, 2.75) is 63.9 Å². The van der Waals surface area contributed by atoms with Crippen molar-refractivity contribution in [3.63, 3.8) is 0 Å². The fourth-order valence-corrected chi connectivity index (χ4v) is 10.5. The summed E-state index contributed by atoms with van der Waals surface area (Å²) in [5.41, 5.74) is 2.70. The number of piperazine rings is 1. The third kappa shape index (κ3) is 11.1. The molecule has 20 heteroatoms. The van der Waals surface area contributed by atoms with Gasteiger partial charge in [-0.1, -0.05) is 37.1 Å². The van der Waals surface area contributed by atoms with Crippen molar-refractivity contribution in [2.75, 3.05) is 62.6 Å². The van der Waals surface area contributed by atoms with E-state index >= 15 is 0 Å². The molecule has 2 aromatic heterocycles. The number of nitrogens with zero attached hydrogens (tertiary/aromatic N) is 5. The van der Waals surface area contributed by atoms with Crippen LogP contribution >= 0.6 is 11.6 Å². The lowest BCUT2D eigenvalue weighted by Crippen LogP contribution is -2.47. The molecule has 2 saturated heterocycles. The van der Waals surface area contributed by atoms with E-state index in [1.807, 2.05) is 0 Å². The number of alkyl halides is 3. The number of carbonyl (C=O) groups is 2. The average molecular weight is 978 g/mol. The van der Waals surface area contributed by atoms with Gasteiger partial charge in [-0.15, -0.1) is 0 Å². The van der Waals surface area contributed by atoms with Crippen molar-refractivity contribution in [1.82, 2.24) is 24.5 Å². The van der Waals surface area contributed by atoms with Gasteiger partial charge in [0.25, 0.3) is 21.6 Å². The molecular weight excluding hydrogens is 925 g/mol. The number of benzene rings is 3. The third-order valence-electron chi connectivity index (χ3n) is 13.0. The molecule has 2 amide bonds. The first kappa shape index (κ1) is 48.3. The number of carbonyl (C=O) groups excluding carboxylic acids is 2. The zero-order chi connectivity index (χ0) is 48.5. The Hall–Kier alpha value is -6.18. The predicted molar refractivity (Wildman–Crippen MR) is 253 cm³/mol. The molecule has 15 nitrogen and oxygen atoms in total. The van der Waals surface area contributed by atoms with Crippen molar-refractivity contribution in [1.29, 1.82) is 0 Å². The van der Waals surface area contributed by atoms with Crippen LogP contribution < -0.4 is 19.7 Å². The summed E-state index contributed by atoms with van der Waals surface area (Å²) in [6, 6.07) is 15.3. The number of amides is 2. The van der Waals surface area contributed by atoms with Crippen LogP contribution in [0.25, 0.3) is 16.6 Å². The zero-order valence-electron chi connectivity index (χ0n) is 37.8. The maximum Gasteiger partial charge on any atom is 0.416 e. The Morgan fingerprint density at radius 2 is 1.81 bits per heavy atom. The Balaban J connectivity index is 0.997. The van der Waals surface area contributed by atoms with Crippen molar-refractivity contribution in [3.05, 3.63) is 117 Å². The second-order valence-corrected chi connectivity index (χ2v) is 20.6. The molecule has 1 aliphatic carbocycles. The fraction of sp³-hybridized carbons (Fsp3) is 0.396. The number of piperidine rings is 1. The molecule has 8 rings (SSSR count). The van der Waals surface area contributed by atoms with Gasteiger partial charge in [0.15, 0.2) is 0 Å². The molecule has 3 N–H and O–H groups in total. The van der Waals surface area contributed by atoms with Crippen LogP contribution in [-0.4, -0.2) is 97.3 Å². The molecule has 68 heavy (non-hydrogen) atoms. The molecule has 3 aromatic carbocycles. The SMILES string of the molecule is CC(=O)N1CCCC(CNc2ccc(S(=O)(=O)NC(=O)c3ccc(N4CCN(CC5=C(c6ccc(C(F)(F)F)cc6Cl)CC(C)(C)CC5)CC4)cc3Oc3cnc4[nH]ccc4c3)cc2[N+](=O)[O-])C1. The molecule has 5 aromatic rings. The molecule has 0 bridgehead atoms. The van der Waals surface area contributed by atoms with E-state index in [4.69, 9.17) is 16.3 Å². The number of halogens is 4. The standard InChI is InChI=1S/C48H52ClF3N8O7S/c1-30(61)59-16-4-5-31(28-59)26-54-42-11-8-37(24-43(42)60(63)64)68(65,66)56-46(62)39-10-7-35(23-44(39)67-36-21-32-13-15-53-45(32)55-27-36)58-19-17-57(18-20-58)29-33-12-14-47(2,3)25-40(33)38-9-6-34(22-41(38)49)48(50,51)52/h6-11,13,15,21-24,27,31,54H,4-5,12,14,16-20,25-26,28-29H2,1-3H3,(H,53,55)(H,56,62). The van der Waals surface area contributed by atoms with Crippen molar-refractivity contribution < 1.29 is 40.8 Å². The molecule has 0 radical (unpaired) electrons. The van der Waals surface area contributed by atoms with Crippen LogP contribution in [0, 0.1) is 21.4 Å². The Bertz CT molecular complexity index is 2900. The average Bonchev–Trinajstić information content (AvgIpc) is 3.77. The van der Waals surface area contributed by atoms with Gasteiger partial charge in [0.05, 0.1) is 27.1 Å². The number of hydrogen-bond donors (Lipinski definition) is 3. The number of nitrogens with one attached hydrogen (secondary N) is 3. The van der Waals surface area contributed by atoms with Gasteiger partial charge in [0, 0.05) is 93.7 Å². The summed E-state index contributed by atoms with van der Waals surface area (Å²) in [7, 11) is -4.65. The van der Waals surface area contributed by atoms with Crippen LogP contribution in [0.3, 0.4) is 0 Å². The summed E-state index contributed by atoms with van der Waals surface area (Å²) in [5, 5.41) is 16.1. The summed E-state index contributed by atoms with van der Waals surface area (Å²) in [6.07, 6.45) is 2.69. The maximum atomic E-state index is 14.0. The molecular formula is C48H52ClF3N8O7S. The molecule has 0 spiro atoms. The van der Waals surface area contributed by atoms with E-state index in [1.165, 1.54) is 37.4 Å². The molecule has 2 aliphatic heterocycles. The highest BCUT2D eigenvalue weighted by Gasteiger charge is 2.34. The van der Waals surface area contributed by atoms with Crippen molar-refractivity contribution in [2.24, 2.45) is 11.3 Å². The van der Waals surface area contributed by atoms with E-state index in [0.29, 0.717) is 75.7 Å². The number of nitro benzene ring substituents is 1. The predicted octanol–water partition coefficient (Wildman–Crippen LogP) is 9.51. The first-order valence-corrected chi connectivity index (χ1v) is 24.2.